The Morgan fingerprint density at radius 2 is 1.80 bits per heavy atom. The standard InChI is InChI=1S/C12H19BrN2/c1-4-9-7-10(14)8-11(13)12(9)15(5-2)6-3/h7-8H,4-6,14H2,1-3H3. The van der Waals surface area contributed by atoms with Crippen molar-refractivity contribution in [2.45, 2.75) is 27.2 Å². The molecule has 1 rings (SSSR count). The molecule has 0 heterocycles. The highest BCUT2D eigenvalue weighted by atomic mass is 79.9. The summed E-state index contributed by atoms with van der Waals surface area (Å²) < 4.78 is 1.10. The van der Waals surface area contributed by atoms with Crippen molar-refractivity contribution < 1.29 is 0 Å². The molecule has 0 amide bonds. The first-order chi connectivity index (χ1) is 7.13. The van der Waals surface area contributed by atoms with E-state index in [1.807, 2.05) is 6.07 Å². The number of nitrogens with two attached hydrogens (primary N) is 1. The average molecular weight is 271 g/mol. The van der Waals surface area contributed by atoms with Crippen LogP contribution in [0.3, 0.4) is 0 Å². The normalized spacial score (nSPS) is 10.4. The molecule has 0 aliphatic carbocycles. The third-order valence-corrected chi connectivity index (χ3v) is 3.23. The molecule has 2 nitrogen and oxygen atoms in total. The maximum atomic E-state index is 5.84. The lowest BCUT2D eigenvalue weighted by Gasteiger charge is -2.25. The van der Waals surface area contributed by atoms with Gasteiger partial charge in [0.15, 0.2) is 0 Å². The summed E-state index contributed by atoms with van der Waals surface area (Å²) in [5.74, 6) is 0. The number of hydrogen-bond donors (Lipinski definition) is 1. The minimum Gasteiger partial charge on any atom is -0.399 e. The second kappa shape index (κ2) is 5.40. The van der Waals surface area contributed by atoms with Crippen LogP contribution in [0.25, 0.3) is 0 Å². The van der Waals surface area contributed by atoms with E-state index in [2.05, 4.69) is 47.7 Å². The number of anilines is 2. The fourth-order valence-electron chi connectivity index (χ4n) is 1.84. The Balaban J connectivity index is 3.24. The lowest BCUT2D eigenvalue weighted by molar-refractivity contribution is 0.853. The van der Waals surface area contributed by atoms with Gasteiger partial charge in [-0.3, -0.25) is 0 Å². The minimum absolute atomic E-state index is 0.828. The summed E-state index contributed by atoms with van der Waals surface area (Å²) in [7, 11) is 0. The molecule has 2 N–H and O–H groups in total. The van der Waals surface area contributed by atoms with Crippen LogP contribution in [0.4, 0.5) is 11.4 Å². The fraction of sp³-hybridized carbons (Fsp3) is 0.500. The van der Waals surface area contributed by atoms with E-state index in [0.717, 1.165) is 29.7 Å². The molecule has 1 aromatic carbocycles. The summed E-state index contributed by atoms with van der Waals surface area (Å²) in [6, 6.07) is 4.05. The van der Waals surface area contributed by atoms with Crippen LogP contribution in [-0.4, -0.2) is 13.1 Å². The van der Waals surface area contributed by atoms with Crippen LogP contribution >= 0.6 is 15.9 Å². The van der Waals surface area contributed by atoms with Gasteiger partial charge in [0.1, 0.15) is 0 Å². The van der Waals surface area contributed by atoms with E-state index in [0.29, 0.717) is 0 Å². The van der Waals surface area contributed by atoms with Crippen molar-refractivity contribution in [3.05, 3.63) is 22.2 Å². The number of rotatable bonds is 4. The van der Waals surface area contributed by atoms with Crippen molar-refractivity contribution in [3.63, 3.8) is 0 Å². The third-order valence-electron chi connectivity index (χ3n) is 2.63. The van der Waals surface area contributed by atoms with Crippen molar-refractivity contribution in [2.24, 2.45) is 0 Å². The van der Waals surface area contributed by atoms with Gasteiger partial charge in [0.05, 0.1) is 5.69 Å². The van der Waals surface area contributed by atoms with Gasteiger partial charge in [-0.25, -0.2) is 0 Å². The van der Waals surface area contributed by atoms with Crippen LogP contribution in [0.2, 0.25) is 0 Å². The summed E-state index contributed by atoms with van der Waals surface area (Å²) in [4.78, 5) is 2.35. The highest BCUT2D eigenvalue weighted by molar-refractivity contribution is 9.10. The molecule has 0 radical (unpaired) electrons. The van der Waals surface area contributed by atoms with Gasteiger partial charge in [-0.2, -0.15) is 0 Å². The molecule has 1 aromatic rings. The molecule has 0 aliphatic heterocycles. The Labute approximate surface area is 101 Å². The van der Waals surface area contributed by atoms with Crippen LogP contribution in [0.1, 0.15) is 26.3 Å². The van der Waals surface area contributed by atoms with Crippen molar-refractivity contribution in [2.75, 3.05) is 23.7 Å². The highest BCUT2D eigenvalue weighted by Crippen LogP contribution is 2.33. The van der Waals surface area contributed by atoms with E-state index in [1.165, 1.54) is 11.3 Å². The van der Waals surface area contributed by atoms with Gasteiger partial charge in [-0.05, 0) is 53.9 Å². The molecule has 0 bridgehead atoms. The Morgan fingerprint density at radius 1 is 1.20 bits per heavy atom. The summed E-state index contributed by atoms with van der Waals surface area (Å²) in [6.45, 7) is 8.55. The Kier molecular flexibility index (Phi) is 4.45. The number of benzene rings is 1. The van der Waals surface area contributed by atoms with E-state index in [9.17, 15) is 0 Å². The first-order valence-corrected chi connectivity index (χ1v) is 6.26. The van der Waals surface area contributed by atoms with E-state index in [1.54, 1.807) is 0 Å². The van der Waals surface area contributed by atoms with Gasteiger partial charge in [-0.1, -0.05) is 6.92 Å². The van der Waals surface area contributed by atoms with Crippen molar-refractivity contribution >= 4 is 27.3 Å². The molecule has 0 saturated carbocycles. The Morgan fingerprint density at radius 3 is 2.27 bits per heavy atom. The number of nitrogen functional groups attached to an aromatic ring is 1. The van der Waals surface area contributed by atoms with Gasteiger partial charge in [-0.15, -0.1) is 0 Å². The van der Waals surface area contributed by atoms with E-state index in [-0.39, 0.29) is 0 Å². The van der Waals surface area contributed by atoms with Gasteiger partial charge in [0.25, 0.3) is 0 Å². The Bertz CT molecular complexity index is 333. The number of nitrogens with zero attached hydrogens (tertiary/aromatic N) is 1. The molecule has 15 heavy (non-hydrogen) atoms. The van der Waals surface area contributed by atoms with Crippen LogP contribution in [0, 0.1) is 0 Å². The summed E-state index contributed by atoms with van der Waals surface area (Å²) in [5.41, 5.74) is 9.27. The topological polar surface area (TPSA) is 29.3 Å². The zero-order valence-corrected chi connectivity index (χ0v) is 11.3. The van der Waals surface area contributed by atoms with Gasteiger partial charge in [0.2, 0.25) is 0 Å². The third kappa shape index (κ3) is 2.65. The average Bonchev–Trinajstić information content (AvgIpc) is 2.21. The number of hydrogen-bond acceptors (Lipinski definition) is 2. The van der Waals surface area contributed by atoms with Crippen LogP contribution in [0.5, 0.6) is 0 Å². The summed E-state index contributed by atoms with van der Waals surface area (Å²) in [5, 5.41) is 0. The molecular formula is C12H19BrN2. The molecule has 3 heteroatoms. The van der Waals surface area contributed by atoms with E-state index < -0.39 is 0 Å². The lowest BCUT2D eigenvalue weighted by Crippen LogP contribution is -2.23. The number of halogens is 1. The zero-order chi connectivity index (χ0) is 11.4. The largest absolute Gasteiger partial charge is 0.399 e. The molecule has 0 aliphatic rings. The van der Waals surface area contributed by atoms with Crippen molar-refractivity contribution in [1.29, 1.82) is 0 Å². The molecule has 0 aromatic heterocycles. The predicted octanol–water partition coefficient (Wildman–Crippen LogP) is 3.44. The van der Waals surface area contributed by atoms with Crippen LogP contribution < -0.4 is 10.6 Å². The first kappa shape index (κ1) is 12.4. The molecular weight excluding hydrogens is 252 g/mol. The van der Waals surface area contributed by atoms with Crippen LogP contribution in [-0.2, 0) is 6.42 Å². The van der Waals surface area contributed by atoms with Crippen LogP contribution in [0.15, 0.2) is 16.6 Å². The van der Waals surface area contributed by atoms with E-state index in [4.69, 9.17) is 5.73 Å². The second-order valence-electron chi connectivity index (χ2n) is 3.54. The van der Waals surface area contributed by atoms with Gasteiger partial charge in [0, 0.05) is 23.2 Å². The first-order valence-electron chi connectivity index (χ1n) is 5.46. The summed E-state index contributed by atoms with van der Waals surface area (Å²) in [6.07, 6.45) is 1.01. The molecule has 0 atom stereocenters. The number of aryl methyl sites for hydroxylation is 1. The maximum Gasteiger partial charge on any atom is 0.0544 e. The van der Waals surface area contributed by atoms with Crippen molar-refractivity contribution in [1.82, 2.24) is 0 Å². The van der Waals surface area contributed by atoms with Crippen molar-refractivity contribution in [3.8, 4) is 0 Å². The quantitative estimate of drug-likeness (QED) is 0.850. The highest BCUT2D eigenvalue weighted by Gasteiger charge is 2.12. The lowest BCUT2D eigenvalue weighted by atomic mass is 10.1. The monoisotopic (exact) mass is 270 g/mol. The fourth-order valence-corrected chi connectivity index (χ4v) is 2.61. The smallest absolute Gasteiger partial charge is 0.0544 e. The molecule has 84 valence electrons. The second-order valence-corrected chi connectivity index (χ2v) is 4.39. The summed E-state index contributed by atoms with van der Waals surface area (Å²) >= 11 is 3.60. The Hall–Kier alpha value is -0.700. The predicted molar refractivity (Wildman–Crippen MR) is 71.5 cm³/mol. The minimum atomic E-state index is 0.828. The van der Waals surface area contributed by atoms with Gasteiger partial charge >= 0.3 is 0 Å². The molecule has 0 spiro atoms. The van der Waals surface area contributed by atoms with Gasteiger partial charge < -0.3 is 10.6 Å². The SMILES string of the molecule is CCc1cc(N)cc(Br)c1N(CC)CC. The van der Waals surface area contributed by atoms with E-state index >= 15 is 0 Å². The molecule has 0 saturated heterocycles. The maximum absolute atomic E-state index is 5.84. The zero-order valence-electron chi connectivity index (χ0n) is 9.68. The molecule has 0 unspecified atom stereocenters. The molecule has 0 fully saturated rings.